The van der Waals surface area contributed by atoms with Gasteiger partial charge in [0.05, 0.1) is 10.5 Å². The van der Waals surface area contributed by atoms with Gasteiger partial charge in [-0.1, -0.05) is 12.8 Å². The van der Waals surface area contributed by atoms with Crippen molar-refractivity contribution in [2.24, 2.45) is 0 Å². The maximum absolute atomic E-state index is 13.7. The van der Waals surface area contributed by atoms with Crippen molar-refractivity contribution in [3.8, 4) is 0 Å². The van der Waals surface area contributed by atoms with Gasteiger partial charge in [-0.05, 0) is 31.9 Å². The Kier molecular flexibility index (Phi) is 4.28. The minimum atomic E-state index is -3.89. The van der Waals surface area contributed by atoms with Crippen LogP contribution in [0.2, 0.25) is 0 Å². The third-order valence-corrected chi connectivity index (χ3v) is 5.99. The number of halogens is 1. The number of benzene rings is 1. The number of nitrogens with zero attached hydrogens (tertiary/aromatic N) is 1. The van der Waals surface area contributed by atoms with Crippen LogP contribution in [0, 0.1) is 12.7 Å². The number of nitrogen functional groups attached to an aromatic ring is 1. The molecule has 3 N–H and O–H groups in total. The van der Waals surface area contributed by atoms with Crippen molar-refractivity contribution in [2.45, 2.75) is 43.1 Å². The van der Waals surface area contributed by atoms with Crippen molar-refractivity contribution in [1.82, 2.24) is 4.31 Å². The number of aliphatic hydroxyl groups is 1. The molecular formula is C14H21FN2O3S. The van der Waals surface area contributed by atoms with Gasteiger partial charge in [-0.3, -0.25) is 0 Å². The molecule has 0 aromatic heterocycles. The molecular weight excluding hydrogens is 295 g/mol. The van der Waals surface area contributed by atoms with Crippen LogP contribution in [0.3, 0.4) is 0 Å². The highest BCUT2D eigenvalue weighted by molar-refractivity contribution is 7.89. The summed E-state index contributed by atoms with van der Waals surface area (Å²) in [6.45, 7) is 1.41. The van der Waals surface area contributed by atoms with Crippen LogP contribution in [-0.2, 0) is 10.0 Å². The maximum Gasteiger partial charge on any atom is 0.243 e. The minimum Gasteiger partial charge on any atom is -0.399 e. The van der Waals surface area contributed by atoms with Crippen LogP contribution in [0.5, 0.6) is 0 Å². The molecule has 0 amide bonds. The van der Waals surface area contributed by atoms with Crippen molar-refractivity contribution in [3.05, 3.63) is 23.5 Å². The molecule has 1 aliphatic rings. The lowest BCUT2D eigenvalue weighted by atomic mass is 10.0. The Hall–Kier alpha value is -1.18. The normalized spacial score (nSPS) is 18.3. The molecule has 0 saturated heterocycles. The number of nitrogens with two attached hydrogens (primary N) is 1. The van der Waals surface area contributed by atoms with Gasteiger partial charge in [-0.2, -0.15) is 4.31 Å². The van der Waals surface area contributed by atoms with Crippen molar-refractivity contribution < 1.29 is 17.9 Å². The molecule has 1 saturated carbocycles. The average molecular weight is 316 g/mol. The number of sulfonamides is 1. The van der Waals surface area contributed by atoms with E-state index in [1.165, 1.54) is 20.0 Å². The van der Waals surface area contributed by atoms with E-state index in [9.17, 15) is 17.9 Å². The van der Waals surface area contributed by atoms with E-state index in [1.807, 2.05) is 0 Å². The summed E-state index contributed by atoms with van der Waals surface area (Å²) in [7, 11) is -2.49. The molecule has 0 atom stereocenters. The lowest BCUT2D eigenvalue weighted by Gasteiger charge is -2.28. The molecule has 118 valence electrons. The quantitative estimate of drug-likeness (QED) is 0.827. The van der Waals surface area contributed by atoms with E-state index in [1.54, 1.807) is 0 Å². The minimum absolute atomic E-state index is 0.00515. The van der Waals surface area contributed by atoms with Gasteiger partial charge in [0.25, 0.3) is 0 Å². The zero-order valence-corrected chi connectivity index (χ0v) is 13.1. The molecule has 0 bridgehead atoms. The summed E-state index contributed by atoms with van der Waals surface area (Å²) in [6.07, 6.45) is 2.93. The molecule has 0 spiro atoms. The molecule has 1 aromatic carbocycles. The zero-order valence-electron chi connectivity index (χ0n) is 12.3. The number of anilines is 1. The number of likely N-dealkylation sites (N-methyl/N-ethyl adjacent to an activating group) is 1. The summed E-state index contributed by atoms with van der Waals surface area (Å²) >= 11 is 0. The van der Waals surface area contributed by atoms with Crippen molar-refractivity contribution in [1.29, 1.82) is 0 Å². The van der Waals surface area contributed by atoms with E-state index in [-0.39, 0.29) is 22.7 Å². The fraction of sp³-hybridized carbons (Fsp3) is 0.571. The number of rotatable bonds is 4. The second-order valence-electron chi connectivity index (χ2n) is 5.82. The van der Waals surface area contributed by atoms with Crippen LogP contribution in [0.1, 0.15) is 31.2 Å². The Morgan fingerprint density at radius 1 is 1.38 bits per heavy atom. The zero-order chi connectivity index (χ0) is 15.8. The van der Waals surface area contributed by atoms with Gasteiger partial charge in [-0.15, -0.1) is 0 Å². The van der Waals surface area contributed by atoms with Crippen molar-refractivity contribution in [3.63, 3.8) is 0 Å². The smallest absolute Gasteiger partial charge is 0.243 e. The van der Waals surface area contributed by atoms with Crippen molar-refractivity contribution in [2.75, 3.05) is 19.3 Å². The third-order valence-electron chi connectivity index (χ3n) is 4.06. The summed E-state index contributed by atoms with van der Waals surface area (Å²) in [5.41, 5.74) is 4.65. The third kappa shape index (κ3) is 3.20. The first kappa shape index (κ1) is 16.2. The van der Waals surface area contributed by atoms with Crippen LogP contribution in [-0.4, -0.2) is 37.0 Å². The molecule has 1 aromatic rings. The van der Waals surface area contributed by atoms with Crippen LogP contribution in [0.15, 0.2) is 17.0 Å². The lowest BCUT2D eigenvalue weighted by Crippen LogP contribution is -2.42. The first-order valence-corrected chi connectivity index (χ1v) is 8.34. The topological polar surface area (TPSA) is 83.6 Å². The summed E-state index contributed by atoms with van der Waals surface area (Å²) in [5.74, 6) is -0.651. The number of hydrogen-bond donors (Lipinski definition) is 2. The first-order valence-electron chi connectivity index (χ1n) is 6.90. The Balaban J connectivity index is 2.33. The molecule has 0 radical (unpaired) electrons. The summed E-state index contributed by atoms with van der Waals surface area (Å²) < 4.78 is 39.9. The predicted molar refractivity (Wildman–Crippen MR) is 78.8 cm³/mol. The first-order chi connectivity index (χ1) is 9.66. The van der Waals surface area contributed by atoms with Crippen LogP contribution in [0.4, 0.5) is 10.1 Å². The highest BCUT2D eigenvalue weighted by atomic mass is 32.2. The van der Waals surface area contributed by atoms with Crippen LogP contribution < -0.4 is 5.73 Å². The molecule has 7 heteroatoms. The molecule has 1 fully saturated rings. The van der Waals surface area contributed by atoms with Gasteiger partial charge < -0.3 is 10.8 Å². The van der Waals surface area contributed by atoms with Crippen LogP contribution >= 0.6 is 0 Å². The molecule has 0 aliphatic heterocycles. The lowest BCUT2D eigenvalue weighted by molar-refractivity contribution is 0.0333. The van der Waals surface area contributed by atoms with Gasteiger partial charge in [0, 0.05) is 24.8 Å². The van der Waals surface area contributed by atoms with E-state index in [0.29, 0.717) is 12.8 Å². The molecule has 0 unspecified atom stereocenters. The Morgan fingerprint density at radius 3 is 2.52 bits per heavy atom. The van der Waals surface area contributed by atoms with Gasteiger partial charge in [0.2, 0.25) is 10.0 Å². The van der Waals surface area contributed by atoms with E-state index in [0.717, 1.165) is 23.2 Å². The highest BCUT2D eigenvalue weighted by Crippen LogP contribution is 2.32. The molecule has 2 rings (SSSR count). The van der Waals surface area contributed by atoms with Crippen molar-refractivity contribution >= 4 is 15.7 Å². The van der Waals surface area contributed by atoms with Gasteiger partial charge >= 0.3 is 0 Å². The van der Waals surface area contributed by atoms with E-state index in [2.05, 4.69) is 0 Å². The fourth-order valence-electron chi connectivity index (χ4n) is 2.80. The average Bonchev–Trinajstić information content (AvgIpc) is 2.80. The van der Waals surface area contributed by atoms with E-state index in [4.69, 9.17) is 5.73 Å². The molecule has 1 aliphatic carbocycles. The second kappa shape index (κ2) is 5.55. The van der Waals surface area contributed by atoms with E-state index >= 15 is 0 Å². The molecule has 5 nitrogen and oxygen atoms in total. The Bertz CT molecular complexity index is 640. The van der Waals surface area contributed by atoms with Crippen LogP contribution in [0.25, 0.3) is 0 Å². The Labute approximate surface area is 124 Å². The summed E-state index contributed by atoms with van der Waals surface area (Å²) in [4.78, 5) is -0.149. The monoisotopic (exact) mass is 316 g/mol. The summed E-state index contributed by atoms with van der Waals surface area (Å²) in [6, 6.07) is 2.35. The SMILES string of the molecule is Cc1c(F)cc(N)cc1S(=O)(=O)N(C)CC1(O)CCCC1. The van der Waals surface area contributed by atoms with Gasteiger partial charge in [0.15, 0.2) is 0 Å². The standard InChI is InChI=1S/C14H21FN2O3S/c1-10-12(15)7-11(16)8-13(10)21(19,20)17(2)9-14(18)5-3-4-6-14/h7-8,18H,3-6,9,16H2,1-2H3. The predicted octanol–water partition coefficient (Wildman–Crippen LogP) is 1.64. The Morgan fingerprint density at radius 2 is 1.95 bits per heavy atom. The maximum atomic E-state index is 13.7. The molecule has 21 heavy (non-hydrogen) atoms. The largest absolute Gasteiger partial charge is 0.399 e. The van der Waals surface area contributed by atoms with E-state index < -0.39 is 21.4 Å². The summed E-state index contributed by atoms with van der Waals surface area (Å²) in [5, 5.41) is 10.3. The van der Waals surface area contributed by atoms with Gasteiger partial charge in [0.1, 0.15) is 5.82 Å². The fourth-order valence-corrected chi connectivity index (χ4v) is 4.32. The molecule has 0 heterocycles. The van der Waals surface area contributed by atoms with Gasteiger partial charge in [-0.25, -0.2) is 12.8 Å². The highest BCUT2D eigenvalue weighted by Gasteiger charge is 2.36. The number of hydrogen-bond acceptors (Lipinski definition) is 4. The second-order valence-corrected chi connectivity index (χ2v) is 7.83.